The maximum Gasteiger partial charge on any atom is 0.411 e. The number of benzene rings is 1. The summed E-state index contributed by atoms with van der Waals surface area (Å²) in [5.41, 5.74) is 0.594. The van der Waals surface area contributed by atoms with Crippen LogP contribution < -0.4 is 0 Å². The Bertz CT molecular complexity index is 405. The van der Waals surface area contributed by atoms with Gasteiger partial charge >= 0.3 is 6.18 Å². The molecule has 0 atom stereocenters. The van der Waals surface area contributed by atoms with Crippen LogP contribution in [0.3, 0.4) is 0 Å². The molecule has 0 aromatic heterocycles. The Hall–Kier alpha value is -1.01. The summed E-state index contributed by atoms with van der Waals surface area (Å²) in [5.74, 6) is 0.378. The predicted octanol–water partition coefficient (Wildman–Crippen LogP) is 3.56. The van der Waals surface area contributed by atoms with E-state index in [1.54, 1.807) is 24.3 Å². The van der Waals surface area contributed by atoms with Crippen molar-refractivity contribution in [2.45, 2.75) is 18.0 Å². The third-order valence-electron chi connectivity index (χ3n) is 2.00. The second-order valence-electron chi connectivity index (χ2n) is 3.60. The highest BCUT2D eigenvalue weighted by Crippen LogP contribution is 2.20. The zero-order valence-electron chi connectivity index (χ0n) is 9.79. The van der Waals surface area contributed by atoms with Crippen LogP contribution in [-0.4, -0.2) is 30.9 Å². The Labute approximate surface area is 108 Å². The summed E-state index contributed by atoms with van der Waals surface area (Å²) in [6.07, 6.45) is -4.28. The lowest BCUT2D eigenvalue weighted by Crippen LogP contribution is -2.17. The number of ether oxygens (including phenoxy) is 1. The van der Waals surface area contributed by atoms with Crippen LogP contribution in [0, 0.1) is 0 Å². The molecule has 1 aromatic rings. The first-order valence-electron chi connectivity index (χ1n) is 5.27. The van der Waals surface area contributed by atoms with Crippen molar-refractivity contribution in [2.75, 3.05) is 19.0 Å². The van der Waals surface area contributed by atoms with Crippen LogP contribution in [-0.2, 0) is 4.74 Å². The first kappa shape index (κ1) is 15.0. The second kappa shape index (κ2) is 6.80. The van der Waals surface area contributed by atoms with E-state index in [-0.39, 0.29) is 12.4 Å². The number of Topliss-reactive ketones (excluding diaryl/α,β-unsaturated/α-hetero) is 1. The number of halogens is 3. The lowest BCUT2D eigenvalue weighted by molar-refractivity contribution is -0.172. The zero-order valence-corrected chi connectivity index (χ0v) is 10.6. The highest BCUT2D eigenvalue weighted by molar-refractivity contribution is 7.99. The minimum atomic E-state index is -4.28. The number of ketones is 1. The first-order chi connectivity index (χ1) is 8.38. The van der Waals surface area contributed by atoms with Crippen LogP contribution >= 0.6 is 11.8 Å². The molecule has 1 aromatic carbocycles. The average molecular weight is 278 g/mol. The molecule has 0 saturated heterocycles. The average Bonchev–Trinajstić information content (AvgIpc) is 2.27. The van der Waals surface area contributed by atoms with Crippen molar-refractivity contribution in [3.63, 3.8) is 0 Å². The van der Waals surface area contributed by atoms with E-state index < -0.39 is 12.8 Å². The van der Waals surface area contributed by atoms with Crippen LogP contribution in [0.5, 0.6) is 0 Å². The SMILES string of the molecule is CC(=O)c1cccc(SCCOCC(F)(F)F)c1. The van der Waals surface area contributed by atoms with Gasteiger partial charge in [-0.1, -0.05) is 12.1 Å². The molecular formula is C12H13F3O2S. The largest absolute Gasteiger partial charge is 0.411 e. The molecule has 0 unspecified atom stereocenters. The molecule has 1 rings (SSSR count). The third kappa shape index (κ3) is 6.07. The van der Waals surface area contributed by atoms with Crippen molar-refractivity contribution in [2.24, 2.45) is 0 Å². The Kier molecular flexibility index (Phi) is 5.68. The molecule has 0 bridgehead atoms. The summed E-state index contributed by atoms with van der Waals surface area (Å²) in [6, 6.07) is 6.97. The van der Waals surface area contributed by atoms with Gasteiger partial charge in [-0.05, 0) is 19.1 Å². The normalized spacial score (nSPS) is 11.6. The summed E-state index contributed by atoms with van der Waals surface area (Å²) < 4.78 is 39.8. The maximum atomic E-state index is 11.8. The Morgan fingerprint density at radius 2 is 2.11 bits per heavy atom. The molecule has 2 nitrogen and oxygen atoms in total. The molecule has 0 heterocycles. The van der Waals surface area contributed by atoms with E-state index >= 15 is 0 Å². The van der Waals surface area contributed by atoms with Crippen LogP contribution in [0.2, 0.25) is 0 Å². The van der Waals surface area contributed by atoms with E-state index in [0.29, 0.717) is 11.3 Å². The molecule has 18 heavy (non-hydrogen) atoms. The number of thioether (sulfide) groups is 1. The van der Waals surface area contributed by atoms with Gasteiger partial charge in [-0.25, -0.2) is 0 Å². The minimum Gasteiger partial charge on any atom is -0.371 e. The summed E-state index contributed by atoms with van der Waals surface area (Å²) in [6.45, 7) is 0.270. The molecule has 0 aliphatic heterocycles. The topological polar surface area (TPSA) is 26.3 Å². The van der Waals surface area contributed by atoms with Gasteiger partial charge in [0.1, 0.15) is 6.61 Å². The van der Waals surface area contributed by atoms with Crippen LogP contribution in [0.15, 0.2) is 29.2 Å². The third-order valence-corrected chi connectivity index (χ3v) is 2.96. The highest BCUT2D eigenvalue weighted by atomic mass is 32.2. The molecule has 0 aliphatic carbocycles. The number of carbonyl (C=O) groups excluding carboxylic acids is 1. The lowest BCUT2D eigenvalue weighted by atomic mass is 10.2. The Balaban J connectivity index is 2.31. The van der Waals surface area contributed by atoms with Crippen molar-refractivity contribution in [1.29, 1.82) is 0 Å². The van der Waals surface area contributed by atoms with E-state index in [1.807, 2.05) is 0 Å². The summed E-state index contributed by atoms with van der Waals surface area (Å²) in [5, 5.41) is 0. The fourth-order valence-electron chi connectivity index (χ4n) is 1.21. The van der Waals surface area contributed by atoms with Gasteiger partial charge in [0.2, 0.25) is 0 Å². The predicted molar refractivity (Wildman–Crippen MR) is 64.0 cm³/mol. The molecule has 0 radical (unpaired) electrons. The van der Waals surface area contributed by atoms with Gasteiger partial charge in [0.05, 0.1) is 6.61 Å². The zero-order chi connectivity index (χ0) is 13.6. The van der Waals surface area contributed by atoms with E-state index in [4.69, 9.17) is 0 Å². The number of carbonyl (C=O) groups is 1. The fourth-order valence-corrected chi connectivity index (χ4v) is 2.03. The van der Waals surface area contributed by atoms with Gasteiger partial charge < -0.3 is 4.74 Å². The van der Waals surface area contributed by atoms with Gasteiger partial charge in [-0.3, -0.25) is 4.79 Å². The van der Waals surface area contributed by atoms with Crippen LogP contribution in [0.1, 0.15) is 17.3 Å². The molecule has 0 spiro atoms. The molecule has 0 saturated carbocycles. The summed E-state index contributed by atoms with van der Waals surface area (Å²) >= 11 is 1.36. The Morgan fingerprint density at radius 1 is 1.39 bits per heavy atom. The molecule has 0 N–H and O–H groups in total. The van der Waals surface area contributed by atoms with Gasteiger partial charge in [0, 0.05) is 16.2 Å². The van der Waals surface area contributed by atoms with E-state index in [2.05, 4.69) is 4.74 Å². The maximum absolute atomic E-state index is 11.8. The van der Waals surface area contributed by atoms with Crippen molar-refractivity contribution < 1.29 is 22.7 Å². The second-order valence-corrected chi connectivity index (χ2v) is 4.77. The molecule has 0 amide bonds. The minimum absolute atomic E-state index is 0.0223. The standard InChI is InChI=1S/C12H13F3O2S/c1-9(16)10-3-2-4-11(7-10)18-6-5-17-8-12(13,14)15/h2-4,7H,5-6,8H2,1H3. The molecule has 100 valence electrons. The molecule has 6 heteroatoms. The number of hydrogen-bond donors (Lipinski definition) is 0. The van der Waals surface area contributed by atoms with Gasteiger partial charge in [0.25, 0.3) is 0 Å². The molecular weight excluding hydrogens is 265 g/mol. The number of rotatable bonds is 6. The molecule has 0 fully saturated rings. The summed E-state index contributed by atoms with van der Waals surface area (Å²) in [7, 11) is 0. The van der Waals surface area contributed by atoms with Crippen molar-refractivity contribution in [3.05, 3.63) is 29.8 Å². The van der Waals surface area contributed by atoms with E-state index in [9.17, 15) is 18.0 Å². The number of hydrogen-bond acceptors (Lipinski definition) is 3. The lowest BCUT2D eigenvalue weighted by Gasteiger charge is -2.07. The summed E-state index contributed by atoms with van der Waals surface area (Å²) in [4.78, 5) is 12.0. The van der Waals surface area contributed by atoms with Gasteiger partial charge in [-0.15, -0.1) is 11.8 Å². The van der Waals surface area contributed by atoms with Crippen molar-refractivity contribution in [1.82, 2.24) is 0 Å². The van der Waals surface area contributed by atoms with Crippen molar-refractivity contribution in [3.8, 4) is 0 Å². The quantitative estimate of drug-likeness (QED) is 0.452. The van der Waals surface area contributed by atoms with E-state index in [0.717, 1.165) is 4.90 Å². The van der Waals surface area contributed by atoms with Crippen LogP contribution in [0.25, 0.3) is 0 Å². The fraction of sp³-hybridized carbons (Fsp3) is 0.417. The Morgan fingerprint density at radius 3 is 2.72 bits per heavy atom. The number of alkyl halides is 3. The van der Waals surface area contributed by atoms with Crippen LogP contribution in [0.4, 0.5) is 13.2 Å². The van der Waals surface area contributed by atoms with Gasteiger partial charge in [0.15, 0.2) is 5.78 Å². The van der Waals surface area contributed by atoms with Crippen molar-refractivity contribution >= 4 is 17.5 Å². The van der Waals surface area contributed by atoms with Gasteiger partial charge in [-0.2, -0.15) is 13.2 Å². The first-order valence-corrected chi connectivity index (χ1v) is 6.25. The monoisotopic (exact) mass is 278 g/mol. The highest BCUT2D eigenvalue weighted by Gasteiger charge is 2.27. The van der Waals surface area contributed by atoms with E-state index in [1.165, 1.54) is 18.7 Å². The molecule has 0 aliphatic rings. The smallest absolute Gasteiger partial charge is 0.371 e.